The molecule has 0 nitrogen and oxygen atoms in total. The van der Waals surface area contributed by atoms with Gasteiger partial charge in [-0.1, -0.05) is 39.0 Å². The van der Waals surface area contributed by atoms with E-state index in [0.717, 1.165) is 0 Å². The summed E-state index contributed by atoms with van der Waals surface area (Å²) in [4.78, 5) is 0. The van der Waals surface area contributed by atoms with Gasteiger partial charge in [-0.25, -0.2) is 6.07 Å². The molecule has 0 heteroatoms. The molecular weight excluding hydrogens is 132 g/mol. The van der Waals surface area contributed by atoms with Crippen LogP contribution in [0, 0.1) is 0 Å². The van der Waals surface area contributed by atoms with Crippen LogP contribution >= 0.6 is 0 Å². The average molecular weight is 149 g/mol. The Balaban J connectivity index is 2.04. The Morgan fingerprint density at radius 1 is 1.27 bits per heavy atom. The molecule has 0 aliphatic carbocycles. The van der Waals surface area contributed by atoms with E-state index in [1.54, 1.807) is 0 Å². The van der Waals surface area contributed by atoms with E-state index in [1.165, 1.54) is 37.7 Å². The highest BCUT2D eigenvalue weighted by Crippen LogP contribution is 2.07. The quantitative estimate of drug-likeness (QED) is 0.444. The van der Waals surface area contributed by atoms with Crippen LogP contribution in [0.2, 0.25) is 0 Å². The van der Waals surface area contributed by atoms with E-state index < -0.39 is 0 Å². The van der Waals surface area contributed by atoms with Crippen LogP contribution in [0.5, 0.6) is 0 Å². The SMILES string of the molecule is CCCCCCc1cc[cH-]c1. The first-order valence-corrected chi connectivity index (χ1v) is 4.64. The van der Waals surface area contributed by atoms with E-state index in [2.05, 4.69) is 31.2 Å². The van der Waals surface area contributed by atoms with Crippen molar-refractivity contribution in [2.45, 2.75) is 39.0 Å². The average Bonchev–Trinajstić information content (AvgIpc) is 2.50. The molecule has 0 atom stereocenters. The molecule has 0 bridgehead atoms. The molecule has 0 aliphatic rings. The third-order valence-electron chi connectivity index (χ3n) is 2.05. The smallest absolute Gasteiger partial charge is 0.0536 e. The second-order valence-electron chi connectivity index (χ2n) is 3.10. The molecule has 0 saturated heterocycles. The molecule has 1 rings (SSSR count). The van der Waals surface area contributed by atoms with E-state index in [-0.39, 0.29) is 0 Å². The van der Waals surface area contributed by atoms with Crippen molar-refractivity contribution in [3.8, 4) is 0 Å². The van der Waals surface area contributed by atoms with Gasteiger partial charge in [0.1, 0.15) is 0 Å². The highest BCUT2D eigenvalue weighted by Gasteiger charge is 1.85. The lowest BCUT2D eigenvalue weighted by molar-refractivity contribution is 0.667. The van der Waals surface area contributed by atoms with Gasteiger partial charge in [0, 0.05) is 0 Å². The molecule has 11 heavy (non-hydrogen) atoms. The van der Waals surface area contributed by atoms with Gasteiger partial charge in [0.2, 0.25) is 0 Å². The predicted octanol–water partition coefficient (Wildman–Crippen LogP) is 3.53. The molecule has 0 aromatic heterocycles. The Kier molecular flexibility index (Phi) is 3.89. The summed E-state index contributed by atoms with van der Waals surface area (Å²) in [6, 6.07) is 8.67. The van der Waals surface area contributed by atoms with Gasteiger partial charge in [0.15, 0.2) is 0 Å². The Bertz CT molecular complexity index is 160. The van der Waals surface area contributed by atoms with Crippen molar-refractivity contribution in [2.24, 2.45) is 0 Å². The molecule has 0 heterocycles. The van der Waals surface area contributed by atoms with E-state index in [0.29, 0.717) is 0 Å². The Morgan fingerprint density at radius 3 is 2.82 bits per heavy atom. The van der Waals surface area contributed by atoms with Gasteiger partial charge in [-0.3, -0.25) is 0 Å². The van der Waals surface area contributed by atoms with E-state index in [4.69, 9.17) is 0 Å². The van der Waals surface area contributed by atoms with Gasteiger partial charge in [-0.2, -0.15) is 23.8 Å². The molecule has 0 aliphatic heterocycles. The minimum Gasteiger partial charge on any atom is -0.211 e. The summed E-state index contributed by atoms with van der Waals surface area (Å²) in [6.45, 7) is 2.25. The fraction of sp³-hybridized carbons (Fsp3) is 0.545. The zero-order valence-electron chi connectivity index (χ0n) is 7.34. The standard InChI is InChI=1S/C11H17/c1-2-3-4-5-8-11-9-6-7-10-11/h6-7,9-10H,2-5,8H2,1H3/q-1. The number of aryl methyl sites for hydroxylation is 1. The second-order valence-corrected chi connectivity index (χ2v) is 3.10. The molecule has 0 N–H and O–H groups in total. The maximum Gasteiger partial charge on any atom is -0.0536 e. The summed E-state index contributed by atoms with van der Waals surface area (Å²) in [7, 11) is 0. The van der Waals surface area contributed by atoms with Gasteiger partial charge >= 0.3 is 0 Å². The molecule has 62 valence electrons. The number of unbranched alkanes of at least 4 members (excludes halogenated alkanes) is 3. The fourth-order valence-electron chi connectivity index (χ4n) is 1.34. The Morgan fingerprint density at radius 2 is 2.18 bits per heavy atom. The summed E-state index contributed by atoms with van der Waals surface area (Å²) >= 11 is 0. The predicted molar refractivity (Wildman–Crippen MR) is 49.9 cm³/mol. The van der Waals surface area contributed by atoms with Crippen molar-refractivity contribution < 1.29 is 0 Å². The van der Waals surface area contributed by atoms with Crippen LogP contribution in [0.1, 0.15) is 38.2 Å². The summed E-state index contributed by atoms with van der Waals surface area (Å²) in [6.07, 6.45) is 6.74. The van der Waals surface area contributed by atoms with Crippen LogP contribution in [0.3, 0.4) is 0 Å². The zero-order valence-corrected chi connectivity index (χ0v) is 7.34. The van der Waals surface area contributed by atoms with Crippen molar-refractivity contribution in [3.05, 3.63) is 29.8 Å². The maximum atomic E-state index is 2.25. The first kappa shape index (κ1) is 8.45. The zero-order chi connectivity index (χ0) is 7.94. The Hall–Kier alpha value is -0.650. The lowest BCUT2D eigenvalue weighted by Crippen LogP contribution is -1.81. The van der Waals surface area contributed by atoms with Crippen LogP contribution in [-0.2, 0) is 6.42 Å². The minimum absolute atomic E-state index is 1.27. The lowest BCUT2D eigenvalue weighted by Gasteiger charge is -2.02. The van der Waals surface area contributed by atoms with Gasteiger partial charge in [0.25, 0.3) is 0 Å². The summed E-state index contributed by atoms with van der Waals surface area (Å²) < 4.78 is 0. The highest BCUT2D eigenvalue weighted by molar-refractivity contribution is 5.15. The number of rotatable bonds is 5. The highest BCUT2D eigenvalue weighted by atomic mass is 14.0. The first-order valence-electron chi connectivity index (χ1n) is 4.64. The topological polar surface area (TPSA) is 0 Å². The van der Waals surface area contributed by atoms with E-state index in [9.17, 15) is 0 Å². The van der Waals surface area contributed by atoms with Crippen LogP contribution in [0.4, 0.5) is 0 Å². The van der Waals surface area contributed by atoms with Gasteiger partial charge in [-0.15, -0.1) is 0 Å². The van der Waals surface area contributed by atoms with Crippen molar-refractivity contribution in [1.82, 2.24) is 0 Å². The van der Waals surface area contributed by atoms with E-state index >= 15 is 0 Å². The molecule has 1 aromatic carbocycles. The minimum atomic E-state index is 1.27. The molecule has 0 spiro atoms. The Labute approximate surface area is 69.6 Å². The second kappa shape index (κ2) is 5.06. The normalized spacial score (nSPS) is 10.3. The largest absolute Gasteiger partial charge is 0.211 e. The van der Waals surface area contributed by atoms with Gasteiger partial charge in [-0.05, 0) is 0 Å². The molecule has 0 unspecified atom stereocenters. The lowest BCUT2D eigenvalue weighted by atomic mass is 10.1. The van der Waals surface area contributed by atoms with Gasteiger partial charge in [0.05, 0.1) is 0 Å². The molecular formula is C11H17-. The summed E-state index contributed by atoms with van der Waals surface area (Å²) in [5.41, 5.74) is 1.50. The number of hydrogen-bond donors (Lipinski definition) is 0. The third-order valence-corrected chi connectivity index (χ3v) is 2.05. The molecule has 0 saturated carbocycles. The fourth-order valence-corrected chi connectivity index (χ4v) is 1.34. The first-order chi connectivity index (χ1) is 5.43. The van der Waals surface area contributed by atoms with Crippen LogP contribution in [-0.4, -0.2) is 0 Å². The molecule has 1 aromatic rings. The van der Waals surface area contributed by atoms with Crippen LogP contribution < -0.4 is 0 Å². The van der Waals surface area contributed by atoms with E-state index in [1.807, 2.05) is 0 Å². The third kappa shape index (κ3) is 3.31. The molecule has 0 radical (unpaired) electrons. The molecule has 0 fully saturated rings. The summed E-state index contributed by atoms with van der Waals surface area (Å²) in [5.74, 6) is 0. The van der Waals surface area contributed by atoms with Gasteiger partial charge < -0.3 is 0 Å². The van der Waals surface area contributed by atoms with Crippen molar-refractivity contribution >= 4 is 0 Å². The van der Waals surface area contributed by atoms with Crippen LogP contribution in [0.25, 0.3) is 0 Å². The number of hydrogen-bond acceptors (Lipinski definition) is 0. The summed E-state index contributed by atoms with van der Waals surface area (Å²) in [5, 5.41) is 0. The van der Waals surface area contributed by atoms with Crippen LogP contribution in [0.15, 0.2) is 24.3 Å². The van der Waals surface area contributed by atoms with Crippen molar-refractivity contribution in [3.63, 3.8) is 0 Å². The molecule has 0 amide bonds. The monoisotopic (exact) mass is 149 g/mol. The van der Waals surface area contributed by atoms with Crippen molar-refractivity contribution in [1.29, 1.82) is 0 Å². The maximum absolute atomic E-state index is 2.25. The van der Waals surface area contributed by atoms with Crippen molar-refractivity contribution in [2.75, 3.05) is 0 Å².